The van der Waals surface area contributed by atoms with Gasteiger partial charge in [0.1, 0.15) is 5.78 Å². The quantitative estimate of drug-likeness (QED) is 0.734. The number of aromatic nitrogens is 1. The fourth-order valence-electron chi connectivity index (χ4n) is 1.05. The number of rotatable bonds is 5. The number of ketones is 2. The van der Waals surface area contributed by atoms with Crippen molar-refractivity contribution in [2.45, 2.75) is 33.6 Å². The predicted octanol–water partition coefficient (Wildman–Crippen LogP) is 3.06. The van der Waals surface area contributed by atoms with Crippen LogP contribution in [0.4, 0.5) is 0 Å². The van der Waals surface area contributed by atoms with Gasteiger partial charge in [-0.2, -0.15) is 0 Å². The van der Waals surface area contributed by atoms with E-state index in [1.165, 1.54) is 13.0 Å². The molecule has 0 aliphatic rings. The van der Waals surface area contributed by atoms with Gasteiger partial charge in [-0.15, -0.1) is 0 Å². The fourth-order valence-corrected chi connectivity index (χ4v) is 1.05. The number of hydrogen-bond acceptors (Lipinski definition) is 3. The third kappa shape index (κ3) is 8.08. The maximum atomic E-state index is 11.3. The topological polar surface area (TPSA) is 47.0 Å². The number of carbonyl (C=O) groups excluding carboxylic acids is 2. The van der Waals surface area contributed by atoms with Crippen LogP contribution >= 0.6 is 0 Å². The highest BCUT2D eigenvalue weighted by atomic mass is 16.1. The Balaban J connectivity index is 0.00000121. The molecule has 1 rings (SSSR count). The predicted molar refractivity (Wildman–Crippen MR) is 69.5 cm³/mol. The van der Waals surface area contributed by atoms with Crippen LogP contribution in [-0.2, 0) is 9.59 Å². The van der Waals surface area contributed by atoms with Crippen molar-refractivity contribution in [1.29, 1.82) is 0 Å². The number of pyridine rings is 1. The Morgan fingerprint density at radius 1 is 1.29 bits per heavy atom. The first-order valence-electron chi connectivity index (χ1n) is 5.79. The van der Waals surface area contributed by atoms with Crippen molar-refractivity contribution in [3.05, 3.63) is 36.2 Å². The van der Waals surface area contributed by atoms with E-state index >= 15 is 0 Å². The summed E-state index contributed by atoms with van der Waals surface area (Å²) in [7, 11) is 0. The van der Waals surface area contributed by atoms with E-state index in [0.717, 1.165) is 5.56 Å². The Hall–Kier alpha value is -1.77. The van der Waals surface area contributed by atoms with Gasteiger partial charge in [0.25, 0.3) is 0 Å². The standard InChI is InChI=1S/C12H13NO2.C2H6/c1-10(14)4-6-12(15)7-5-11-3-2-8-13-9-11;1-2/h2-3,5,7-9H,4,6H2,1H3;1-2H3/b7-5+;. The third-order valence-corrected chi connectivity index (χ3v) is 1.87. The molecule has 3 nitrogen and oxygen atoms in total. The molecule has 0 saturated heterocycles. The lowest BCUT2D eigenvalue weighted by Gasteiger charge is -1.92. The minimum Gasteiger partial charge on any atom is -0.300 e. The Bertz CT molecular complexity index is 369. The molecule has 0 spiro atoms. The summed E-state index contributed by atoms with van der Waals surface area (Å²) in [5.41, 5.74) is 0.883. The minimum atomic E-state index is -0.0333. The Kier molecular flexibility index (Phi) is 8.47. The van der Waals surface area contributed by atoms with E-state index < -0.39 is 0 Å². The molecule has 1 aromatic heterocycles. The van der Waals surface area contributed by atoms with E-state index in [-0.39, 0.29) is 18.0 Å². The van der Waals surface area contributed by atoms with Gasteiger partial charge in [0.2, 0.25) is 0 Å². The summed E-state index contributed by atoms with van der Waals surface area (Å²) in [5.74, 6) is 0.00665. The summed E-state index contributed by atoms with van der Waals surface area (Å²) in [6, 6.07) is 3.67. The van der Waals surface area contributed by atoms with Gasteiger partial charge in [0, 0.05) is 25.2 Å². The molecular weight excluding hydrogens is 214 g/mol. The molecule has 0 aliphatic carbocycles. The Labute approximate surface area is 103 Å². The van der Waals surface area contributed by atoms with E-state index in [9.17, 15) is 9.59 Å². The third-order valence-electron chi connectivity index (χ3n) is 1.87. The van der Waals surface area contributed by atoms with Gasteiger partial charge in [-0.3, -0.25) is 9.78 Å². The number of hydrogen-bond donors (Lipinski definition) is 0. The van der Waals surface area contributed by atoms with E-state index in [1.54, 1.807) is 24.5 Å². The number of nitrogens with zero attached hydrogens (tertiary/aromatic N) is 1. The van der Waals surface area contributed by atoms with Gasteiger partial charge in [-0.25, -0.2) is 0 Å². The van der Waals surface area contributed by atoms with Crippen molar-refractivity contribution in [3.8, 4) is 0 Å². The first-order chi connectivity index (χ1) is 8.18. The molecule has 0 N–H and O–H groups in total. The average Bonchev–Trinajstić information content (AvgIpc) is 2.37. The smallest absolute Gasteiger partial charge is 0.156 e. The SMILES string of the molecule is CC.CC(=O)CCC(=O)/C=C/c1cccnc1. The molecule has 92 valence electrons. The zero-order valence-electron chi connectivity index (χ0n) is 10.6. The van der Waals surface area contributed by atoms with Crippen LogP contribution in [0.25, 0.3) is 6.08 Å². The maximum Gasteiger partial charge on any atom is 0.156 e. The van der Waals surface area contributed by atoms with Gasteiger partial charge in [-0.05, 0) is 30.7 Å². The minimum absolute atomic E-state index is 0.0333. The van der Waals surface area contributed by atoms with Gasteiger partial charge in [0.05, 0.1) is 0 Å². The molecule has 1 heterocycles. The van der Waals surface area contributed by atoms with Crippen molar-refractivity contribution in [3.63, 3.8) is 0 Å². The summed E-state index contributed by atoms with van der Waals surface area (Å²) in [6.45, 7) is 5.48. The second kappa shape index (κ2) is 9.46. The molecule has 0 radical (unpaired) electrons. The molecule has 1 aromatic rings. The summed E-state index contributed by atoms with van der Waals surface area (Å²) < 4.78 is 0. The van der Waals surface area contributed by atoms with Crippen molar-refractivity contribution in [2.75, 3.05) is 0 Å². The highest BCUT2D eigenvalue weighted by Gasteiger charge is 1.99. The van der Waals surface area contributed by atoms with Crippen molar-refractivity contribution in [2.24, 2.45) is 0 Å². The summed E-state index contributed by atoms with van der Waals surface area (Å²) in [6.07, 6.45) is 7.14. The number of Topliss-reactive ketones (excluding diaryl/α,β-unsaturated/α-hetero) is 1. The lowest BCUT2D eigenvalue weighted by molar-refractivity contribution is -0.120. The molecule has 0 aromatic carbocycles. The summed E-state index contributed by atoms with van der Waals surface area (Å²) in [5, 5.41) is 0. The van der Waals surface area contributed by atoms with Crippen LogP contribution in [0.2, 0.25) is 0 Å². The largest absolute Gasteiger partial charge is 0.300 e. The fraction of sp³-hybridized carbons (Fsp3) is 0.357. The van der Waals surface area contributed by atoms with Crippen LogP contribution < -0.4 is 0 Å². The van der Waals surface area contributed by atoms with Crippen molar-refractivity contribution in [1.82, 2.24) is 4.98 Å². The molecular formula is C14H19NO2. The Morgan fingerprint density at radius 2 is 2.00 bits per heavy atom. The zero-order chi connectivity index (χ0) is 13.1. The molecule has 3 heteroatoms. The van der Waals surface area contributed by atoms with Gasteiger partial charge >= 0.3 is 0 Å². The maximum absolute atomic E-state index is 11.3. The lowest BCUT2D eigenvalue weighted by atomic mass is 10.1. The van der Waals surface area contributed by atoms with Gasteiger partial charge < -0.3 is 4.79 Å². The van der Waals surface area contributed by atoms with Crippen LogP contribution in [0.1, 0.15) is 39.2 Å². The van der Waals surface area contributed by atoms with E-state index in [4.69, 9.17) is 0 Å². The average molecular weight is 233 g/mol. The Morgan fingerprint density at radius 3 is 2.53 bits per heavy atom. The second-order valence-corrected chi connectivity index (χ2v) is 3.29. The van der Waals surface area contributed by atoms with Gasteiger partial charge in [0.15, 0.2) is 5.78 Å². The highest BCUT2D eigenvalue weighted by Crippen LogP contribution is 2.00. The van der Waals surface area contributed by atoms with Crippen LogP contribution in [-0.4, -0.2) is 16.6 Å². The lowest BCUT2D eigenvalue weighted by Crippen LogP contribution is -1.97. The van der Waals surface area contributed by atoms with E-state index in [1.807, 2.05) is 19.9 Å². The van der Waals surface area contributed by atoms with Crippen LogP contribution in [0.3, 0.4) is 0 Å². The van der Waals surface area contributed by atoms with Gasteiger partial charge in [-0.1, -0.05) is 19.9 Å². The van der Waals surface area contributed by atoms with Crippen molar-refractivity contribution >= 4 is 17.6 Å². The zero-order valence-corrected chi connectivity index (χ0v) is 10.6. The molecule has 17 heavy (non-hydrogen) atoms. The molecule has 0 unspecified atom stereocenters. The molecule has 0 saturated carbocycles. The van der Waals surface area contributed by atoms with E-state index in [2.05, 4.69) is 4.98 Å². The number of carbonyl (C=O) groups is 2. The first kappa shape index (κ1) is 15.2. The monoisotopic (exact) mass is 233 g/mol. The normalized spacial score (nSPS) is 9.59. The molecule has 0 aliphatic heterocycles. The summed E-state index contributed by atoms with van der Waals surface area (Å²) >= 11 is 0. The highest BCUT2D eigenvalue weighted by molar-refractivity contribution is 5.95. The number of allylic oxidation sites excluding steroid dienone is 1. The molecule has 0 fully saturated rings. The summed E-state index contributed by atoms with van der Waals surface area (Å²) in [4.78, 5) is 25.8. The molecule has 0 bridgehead atoms. The first-order valence-corrected chi connectivity index (χ1v) is 5.79. The van der Waals surface area contributed by atoms with Crippen LogP contribution in [0.5, 0.6) is 0 Å². The van der Waals surface area contributed by atoms with Crippen LogP contribution in [0.15, 0.2) is 30.6 Å². The molecule has 0 amide bonds. The van der Waals surface area contributed by atoms with E-state index in [0.29, 0.717) is 6.42 Å². The van der Waals surface area contributed by atoms with Crippen LogP contribution in [0, 0.1) is 0 Å². The second-order valence-electron chi connectivity index (χ2n) is 3.29. The van der Waals surface area contributed by atoms with Crippen molar-refractivity contribution < 1.29 is 9.59 Å². The molecule has 0 atom stereocenters.